The molecule has 2 saturated heterocycles. The van der Waals surface area contributed by atoms with Crippen LogP contribution in [-0.4, -0.2) is 61.7 Å². The Morgan fingerprint density at radius 1 is 1.00 bits per heavy atom. The summed E-state index contributed by atoms with van der Waals surface area (Å²) in [5, 5.41) is 3.49. The molecular formula is C12H25N3. The number of likely N-dealkylation sites (tertiary alicyclic amines) is 1. The molecule has 0 aromatic heterocycles. The predicted molar refractivity (Wildman–Crippen MR) is 64.2 cm³/mol. The quantitative estimate of drug-likeness (QED) is 0.744. The summed E-state index contributed by atoms with van der Waals surface area (Å²) in [6.07, 6.45) is 4.27. The zero-order valence-corrected chi connectivity index (χ0v) is 10.0. The molecule has 0 radical (unpaired) electrons. The van der Waals surface area contributed by atoms with Crippen molar-refractivity contribution in [1.82, 2.24) is 15.1 Å². The van der Waals surface area contributed by atoms with Crippen LogP contribution in [0.5, 0.6) is 0 Å². The van der Waals surface area contributed by atoms with Gasteiger partial charge in [-0.2, -0.15) is 0 Å². The van der Waals surface area contributed by atoms with Crippen molar-refractivity contribution in [3.05, 3.63) is 0 Å². The maximum atomic E-state index is 3.49. The Hall–Kier alpha value is -0.120. The third-order valence-corrected chi connectivity index (χ3v) is 3.63. The molecule has 3 nitrogen and oxygen atoms in total. The minimum absolute atomic E-state index is 0.681. The van der Waals surface area contributed by atoms with Gasteiger partial charge in [-0.1, -0.05) is 6.42 Å². The second-order valence-corrected chi connectivity index (χ2v) is 5.06. The molecule has 88 valence electrons. The molecule has 2 fully saturated rings. The highest BCUT2D eigenvalue weighted by Crippen LogP contribution is 2.08. The molecule has 2 aliphatic heterocycles. The van der Waals surface area contributed by atoms with Gasteiger partial charge in [0.1, 0.15) is 0 Å². The Labute approximate surface area is 93.8 Å². The van der Waals surface area contributed by atoms with Gasteiger partial charge >= 0.3 is 0 Å². The molecule has 0 aromatic carbocycles. The molecule has 15 heavy (non-hydrogen) atoms. The SMILES string of the molecule is C[C@@H]1CN(CCN2CCCCC2)CCN1. The number of piperazine rings is 1. The predicted octanol–water partition coefficient (Wildman–Crippen LogP) is 0.766. The Bertz CT molecular complexity index is 178. The Morgan fingerprint density at radius 3 is 2.47 bits per heavy atom. The summed E-state index contributed by atoms with van der Waals surface area (Å²) in [5.41, 5.74) is 0. The molecule has 0 saturated carbocycles. The highest BCUT2D eigenvalue weighted by atomic mass is 15.2. The fourth-order valence-electron chi connectivity index (χ4n) is 2.68. The molecule has 0 spiro atoms. The van der Waals surface area contributed by atoms with Crippen molar-refractivity contribution in [3.8, 4) is 0 Å². The van der Waals surface area contributed by atoms with Crippen molar-refractivity contribution < 1.29 is 0 Å². The van der Waals surface area contributed by atoms with Crippen LogP contribution in [0.15, 0.2) is 0 Å². The van der Waals surface area contributed by atoms with Gasteiger partial charge in [-0.15, -0.1) is 0 Å². The highest BCUT2D eigenvalue weighted by molar-refractivity contribution is 4.76. The van der Waals surface area contributed by atoms with Crippen molar-refractivity contribution in [2.75, 3.05) is 45.8 Å². The summed E-state index contributed by atoms with van der Waals surface area (Å²) < 4.78 is 0. The van der Waals surface area contributed by atoms with Crippen molar-refractivity contribution >= 4 is 0 Å². The van der Waals surface area contributed by atoms with Gasteiger partial charge in [-0.05, 0) is 32.9 Å². The van der Waals surface area contributed by atoms with Crippen LogP contribution in [-0.2, 0) is 0 Å². The molecule has 2 rings (SSSR count). The molecule has 0 amide bonds. The van der Waals surface area contributed by atoms with E-state index < -0.39 is 0 Å². The lowest BCUT2D eigenvalue weighted by molar-refractivity contribution is 0.157. The van der Waals surface area contributed by atoms with Crippen LogP contribution in [0.2, 0.25) is 0 Å². The van der Waals surface area contributed by atoms with E-state index in [9.17, 15) is 0 Å². The summed E-state index contributed by atoms with van der Waals surface area (Å²) >= 11 is 0. The fourth-order valence-corrected chi connectivity index (χ4v) is 2.68. The molecule has 2 aliphatic rings. The summed E-state index contributed by atoms with van der Waals surface area (Å²) in [4.78, 5) is 5.24. The van der Waals surface area contributed by atoms with Gasteiger partial charge in [0.05, 0.1) is 0 Å². The first-order chi connectivity index (χ1) is 7.34. The summed E-state index contributed by atoms with van der Waals surface area (Å²) in [7, 11) is 0. The van der Waals surface area contributed by atoms with E-state index in [1.165, 1.54) is 65.1 Å². The van der Waals surface area contributed by atoms with Gasteiger partial charge in [0, 0.05) is 38.8 Å². The number of hydrogen-bond acceptors (Lipinski definition) is 3. The topological polar surface area (TPSA) is 18.5 Å². The van der Waals surface area contributed by atoms with Crippen LogP contribution >= 0.6 is 0 Å². The van der Waals surface area contributed by atoms with E-state index in [0.29, 0.717) is 6.04 Å². The van der Waals surface area contributed by atoms with Crippen LogP contribution in [0.1, 0.15) is 26.2 Å². The second kappa shape index (κ2) is 5.83. The molecular weight excluding hydrogens is 186 g/mol. The molecule has 3 heteroatoms. The van der Waals surface area contributed by atoms with Crippen LogP contribution in [0.3, 0.4) is 0 Å². The van der Waals surface area contributed by atoms with Crippen LogP contribution in [0, 0.1) is 0 Å². The van der Waals surface area contributed by atoms with Gasteiger partial charge < -0.3 is 10.2 Å². The van der Waals surface area contributed by atoms with Gasteiger partial charge in [0.25, 0.3) is 0 Å². The molecule has 0 unspecified atom stereocenters. The van der Waals surface area contributed by atoms with Gasteiger partial charge in [-0.3, -0.25) is 4.90 Å². The number of rotatable bonds is 3. The highest BCUT2D eigenvalue weighted by Gasteiger charge is 2.16. The van der Waals surface area contributed by atoms with E-state index in [1.54, 1.807) is 0 Å². The lowest BCUT2D eigenvalue weighted by atomic mass is 10.1. The lowest BCUT2D eigenvalue weighted by Gasteiger charge is -2.34. The maximum Gasteiger partial charge on any atom is 0.0167 e. The Morgan fingerprint density at radius 2 is 1.73 bits per heavy atom. The van der Waals surface area contributed by atoms with E-state index in [-0.39, 0.29) is 0 Å². The van der Waals surface area contributed by atoms with E-state index in [0.717, 1.165) is 0 Å². The number of nitrogens with one attached hydrogen (secondary N) is 1. The first-order valence-corrected chi connectivity index (χ1v) is 6.53. The summed E-state index contributed by atoms with van der Waals surface area (Å²) in [6, 6.07) is 0.681. The smallest absolute Gasteiger partial charge is 0.0167 e. The first kappa shape index (κ1) is 11.4. The molecule has 1 N–H and O–H groups in total. The number of nitrogens with zero attached hydrogens (tertiary/aromatic N) is 2. The van der Waals surface area contributed by atoms with Gasteiger partial charge in [0.2, 0.25) is 0 Å². The standard InChI is InChI=1S/C12H25N3/c1-12-11-15(8-5-13-12)10-9-14-6-3-2-4-7-14/h12-13H,2-11H2,1H3/t12-/m1/s1. The zero-order valence-electron chi connectivity index (χ0n) is 10.0. The Kier molecular flexibility index (Phi) is 4.42. The third-order valence-electron chi connectivity index (χ3n) is 3.63. The molecule has 0 bridgehead atoms. The average Bonchev–Trinajstić information content (AvgIpc) is 2.28. The fraction of sp³-hybridized carbons (Fsp3) is 1.00. The van der Waals surface area contributed by atoms with Crippen LogP contribution < -0.4 is 5.32 Å². The molecule has 0 aliphatic carbocycles. The monoisotopic (exact) mass is 211 g/mol. The third kappa shape index (κ3) is 3.74. The summed E-state index contributed by atoms with van der Waals surface area (Å²) in [6.45, 7) is 11.1. The molecule has 2 heterocycles. The Balaban J connectivity index is 1.63. The van der Waals surface area contributed by atoms with Gasteiger partial charge in [0.15, 0.2) is 0 Å². The lowest BCUT2D eigenvalue weighted by Crippen LogP contribution is -2.51. The van der Waals surface area contributed by atoms with E-state index in [4.69, 9.17) is 0 Å². The van der Waals surface area contributed by atoms with Crippen molar-refractivity contribution in [2.24, 2.45) is 0 Å². The van der Waals surface area contributed by atoms with E-state index >= 15 is 0 Å². The molecule has 1 atom stereocenters. The molecule has 0 aromatic rings. The second-order valence-electron chi connectivity index (χ2n) is 5.06. The van der Waals surface area contributed by atoms with Crippen LogP contribution in [0.25, 0.3) is 0 Å². The maximum absolute atomic E-state index is 3.49. The van der Waals surface area contributed by atoms with E-state index in [1.807, 2.05) is 0 Å². The van der Waals surface area contributed by atoms with Crippen molar-refractivity contribution in [3.63, 3.8) is 0 Å². The minimum atomic E-state index is 0.681. The largest absolute Gasteiger partial charge is 0.312 e. The number of hydrogen-bond donors (Lipinski definition) is 1. The van der Waals surface area contributed by atoms with Crippen molar-refractivity contribution in [2.45, 2.75) is 32.2 Å². The summed E-state index contributed by atoms with van der Waals surface area (Å²) in [5.74, 6) is 0. The van der Waals surface area contributed by atoms with Crippen LogP contribution in [0.4, 0.5) is 0 Å². The van der Waals surface area contributed by atoms with Crippen molar-refractivity contribution in [1.29, 1.82) is 0 Å². The first-order valence-electron chi connectivity index (χ1n) is 6.53. The minimum Gasteiger partial charge on any atom is -0.312 e. The van der Waals surface area contributed by atoms with Gasteiger partial charge in [-0.25, -0.2) is 0 Å². The van der Waals surface area contributed by atoms with E-state index in [2.05, 4.69) is 22.0 Å². The average molecular weight is 211 g/mol. The zero-order chi connectivity index (χ0) is 10.5. The normalized spacial score (nSPS) is 30.6. The number of piperidine rings is 1.